The molecule has 2 aliphatic rings. The zero-order valence-corrected chi connectivity index (χ0v) is 14.6. The second kappa shape index (κ2) is 9.23. The van der Waals surface area contributed by atoms with E-state index in [4.69, 9.17) is 4.74 Å². The summed E-state index contributed by atoms with van der Waals surface area (Å²) < 4.78 is 5.18. The summed E-state index contributed by atoms with van der Waals surface area (Å²) in [6.45, 7) is 9.76. The average Bonchev–Trinajstić information content (AvgIpc) is 2.77. The second-order valence-electron chi connectivity index (χ2n) is 6.89. The largest absolute Gasteiger partial charge is 0.462 e. The summed E-state index contributed by atoms with van der Waals surface area (Å²) in [5, 5.41) is 0. The fraction of sp³-hybridized carbons (Fsp3) is 0.882. The number of hydrogen-bond donors (Lipinski definition) is 0. The SMILES string of the molecule is CC(C)OC(=O)CN1CCN(CC(=O)N2CCCCCC2)CC1. The van der Waals surface area contributed by atoms with E-state index < -0.39 is 0 Å². The van der Waals surface area contributed by atoms with E-state index in [1.54, 1.807) is 0 Å². The Morgan fingerprint density at radius 3 is 1.87 bits per heavy atom. The molecule has 132 valence electrons. The summed E-state index contributed by atoms with van der Waals surface area (Å²) in [5.74, 6) is 0.105. The molecule has 2 saturated heterocycles. The van der Waals surface area contributed by atoms with Crippen molar-refractivity contribution in [3.05, 3.63) is 0 Å². The van der Waals surface area contributed by atoms with Gasteiger partial charge in [0.05, 0.1) is 19.2 Å². The summed E-state index contributed by atoms with van der Waals surface area (Å²) in [7, 11) is 0. The standard InChI is InChI=1S/C17H31N3O3/c1-15(2)23-17(22)14-19-11-9-18(10-12-19)13-16(21)20-7-5-3-4-6-8-20/h15H,3-14H2,1-2H3. The molecule has 2 rings (SSSR count). The number of esters is 1. The summed E-state index contributed by atoms with van der Waals surface area (Å²) >= 11 is 0. The van der Waals surface area contributed by atoms with E-state index in [1.165, 1.54) is 12.8 Å². The van der Waals surface area contributed by atoms with Gasteiger partial charge < -0.3 is 9.64 Å². The minimum Gasteiger partial charge on any atom is -0.462 e. The number of hydrogen-bond acceptors (Lipinski definition) is 5. The molecule has 23 heavy (non-hydrogen) atoms. The molecule has 0 unspecified atom stereocenters. The van der Waals surface area contributed by atoms with Crippen molar-refractivity contribution < 1.29 is 14.3 Å². The molecule has 0 bridgehead atoms. The van der Waals surface area contributed by atoms with Crippen molar-refractivity contribution in [1.29, 1.82) is 0 Å². The first-order valence-electron chi connectivity index (χ1n) is 8.96. The first kappa shape index (κ1) is 18.2. The van der Waals surface area contributed by atoms with Crippen LogP contribution < -0.4 is 0 Å². The third-order valence-corrected chi connectivity index (χ3v) is 4.50. The molecule has 2 aliphatic heterocycles. The van der Waals surface area contributed by atoms with Crippen LogP contribution in [-0.4, -0.2) is 85.0 Å². The molecule has 0 saturated carbocycles. The Bertz CT molecular complexity index is 385. The van der Waals surface area contributed by atoms with E-state index in [0.29, 0.717) is 13.1 Å². The molecule has 0 N–H and O–H groups in total. The van der Waals surface area contributed by atoms with Crippen LogP contribution in [-0.2, 0) is 14.3 Å². The van der Waals surface area contributed by atoms with Gasteiger partial charge in [0.15, 0.2) is 0 Å². The third-order valence-electron chi connectivity index (χ3n) is 4.50. The monoisotopic (exact) mass is 325 g/mol. The van der Waals surface area contributed by atoms with Gasteiger partial charge >= 0.3 is 5.97 Å². The summed E-state index contributed by atoms with van der Waals surface area (Å²) in [5.41, 5.74) is 0. The third kappa shape index (κ3) is 6.47. The predicted octanol–water partition coefficient (Wildman–Crippen LogP) is 0.958. The highest BCUT2D eigenvalue weighted by Crippen LogP contribution is 2.11. The van der Waals surface area contributed by atoms with Crippen LogP contribution in [0.25, 0.3) is 0 Å². The normalized spacial score (nSPS) is 21.3. The lowest BCUT2D eigenvalue weighted by atomic mass is 10.2. The lowest BCUT2D eigenvalue weighted by molar-refractivity contribution is -0.149. The topological polar surface area (TPSA) is 53.1 Å². The van der Waals surface area contributed by atoms with Crippen LogP contribution in [0.4, 0.5) is 0 Å². The first-order valence-corrected chi connectivity index (χ1v) is 8.96. The zero-order chi connectivity index (χ0) is 16.7. The van der Waals surface area contributed by atoms with Crippen LogP contribution in [0.2, 0.25) is 0 Å². The van der Waals surface area contributed by atoms with Crippen LogP contribution in [0.1, 0.15) is 39.5 Å². The molecule has 2 fully saturated rings. The van der Waals surface area contributed by atoms with E-state index in [2.05, 4.69) is 9.80 Å². The van der Waals surface area contributed by atoms with Crippen molar-refractivity contribution in [1.82, 2.24) is 14.7 Å². The highest BCUT2D eigenvalue weighted by molar-refractivity contribution is 5.78. The maximum Gasteiger partial charge on any atom is 0.320 e. The van der Waals surface area contributed by atoms with Crippen LogP contribution in [0.15, 0.2) is 0 Å². The molecule has 6 heteroatoms. The number of nitrogens with zero attached hydrogens (tertiary/aromatic N) is 3. The van der Waals surface area contributed by atoms with Crippen molar-refractivity contribution in [2.45, 2.75) is 45.6 Å². The van der Waals surface area contributed by atoms with E-state index in [1.807, 2.05) is 18.7 Å². The van der Waals surface area contributed by atoms with Crippen LogP contribution in [0.5, 0.6) is 0 Å². The maximum atomic E-state index is 12.4. The van der Waals surface area contributed by atoms with Gasteiger partial charge in [-0.15, -0.1) is 0 Å². The molecule has 0 aromatic carbocycles. The van der Waals surface area contributed by atoms with Gasteiger partial charge in [-0.3, -0.25) is 19.4 Å². The minimum absolute atomic E-state index is 0.0602. The van der Waals surface area contributed by atoms with Crippen molar-refractivity contribution >= 4 is 11.9 Å². The Hall–Kier alpha value is -1.14. The number of likely N-dealkylation sites (tertiary alicyclic amines) is 1. The Kier molecular flexibility index (Phi) is 7.30. The fourth-order valence-electron chi connectivity index (χ4n) is 3.20. The summed E-state index contributed by atoms with van der Waals surface area (Å²) in [6.07, 6.45) is 4.70. The maximum absolute atomic E-state index is 12.4. The van der Waals surface area contributed by atoms with Gasteiger partial charge in [0.25, 0.3) is 0 Å². The van der Waals surface area contributed by atoms with E-state index in [9.17, 15) is 9.59 Å². The Balaban J connectivity index is 1.67. The van der Waals surface area contributed by atoms with E-state index in [-0.39, 0.29) is 18.0 Å². The van der Waals surface area contributed by atoms with Gasteiger partial charge in [-0.05, 0) is 26.7 Å². The highest BCUT2D eigenvalue weighted by Gasteiger charge is 2.23. The Labute approximate surface area is 139 Å². The number of ether oxygens (including phenoxy) is 1. The number of rotatable bonds is 5. The Morgan fingerprint density at radius 2 is 1.35 bits per heavy atom. The molecule has 6 nitrogen and oxygen atoms in total. The van der Waals surface area contributed by atoms with Crippen LogP contribution >= 0.6 is 0 Å². The number of amides is 1. The molecular weight excluding hydrogens is 294 g/mol. The summed E-state index contributed by atoms with van der Waals surface area (Å²) in [6, 6.07) is 0. The molecule has 2 heterocycles. The lowest BCUT2D eigenvalue weighted by Crippen LogP contribution is -2.51. The van der Waals surface area contributed by atoms with Crippen molar-refractivity contribution in [3.63, 3.8) is 0 Å². The number of carbonyl (C=O) groups excluding carboxylic acids is 2. The zero-order valence-electron chi connectivity index (χ0n) is 14.6. The number of carbonyl (C=O) groups is 2. The fourth-order valence-corrected chi connectivity index (χ4v) is 3.20. The molecule has 0 radical (unpaired) electrons. The molecule has 0 aromatic rings. The number of piperazine rings is 1. The van der Waals surface area contributed by atoms with Gasteiger partial charge in [0, 0.05) is 39.3 Å². The highest BCUT2D eigenvalue weighted by atomic mass is 16.5. The predicted molar refractivity (Wildman–Crippen MR) is 89.2 cm³/mol. The van der Waals surface area contributed by atoms with Gasteiger partial charge in [-0.1, -0.05) is 12.8 Å². The molecule has 0 aliphatic carbocycles. The van der Waals surface area contributed by atoms with Crippen molar-refractivity contribution in [2.75, 3.05) is 52.4 Å². The average molecular weight is 325 g/mol. The van der Waals surface area contributed by atoms with Gasteiger partial charge in [0.2, 0.25) is 5.91 Å². The molecule has 1 amide bonds. The van der Waals surface area contributed by atoms with Gasteiger partial charge in [-0.2, -0.15) is 0 Å². The first-order chi connectivity index (χ1) is 11.0. The van der Waals surface area contributed by atoms with Crippen LogP contribution in [0, 0.1) is 0 Å². The summed E-state index contributed by atoms with van der Waals surface area (Å²) in [4.78, 5) is 30.4. The van der Waals surface area contributed by atoms with Gasteiger partial charge in [-0.25, -0.2) is 0 Å². The van der Waals surface area contributed by atoms with Crippen molar-refractivity contribution in [3.8, 4) is 0 Å². The Morgan fingerprint density at radius 1 is 0.826 bits per heavy atom. The molecule has 0 spiro atoms. The lowest BCUT2D eigenvalue weighted by Gasteiger charge is -2.34. The van der Waals surface area contributed by atoms with Crippen molar-refractivity contribution in [2.24, 2.45) is 0 Å². The smallest absolute Gasteiger partial charge is 0.320 e. The minimum atomic E-state index is -0.158. The quantitative estimate of drug-likeness (QED) is 0.705. The second-order valence-corrected chi connectivity index (χ2v) is 6.89. The molecule has 0 atom stereocenters. The molecule has 0 aromatic heterocycles. The van der Waals surface area contributed by atoms with E-state index in [0.717, 1.165) is 52.1 Å². The van der Waals surface area contributed by atoms with Crippen LogP contribution in [0.3, 0.4) is 0 Å². The van der Waals surface area contributed by atoms with E-state index >= 15 is 0 Å². The van der Waals surface area contributed by atoms with Gasteiger partial charge in [0.1, 0.15) is 0 Å². The molecular formula is C17H31N3O3.